The van der Waals surface area contributed by atoms with Crippen molar-refractivity contribution in [3.05, 3.63) is 23.2 Å². The average Bonchev–Trinajstić information content (AvgIpc) is 2.33. The highest BCUT2D eigenvalue weighted by molar-refractivity contribution is 7.92. The molecule has 1 aliphatic heterocycles. The van der Waals surface area contributed by atoms with Crippen molar-refractivity contribution in [2.45, 2.75) is 24.5 Å². The van der Waals surface area contributed by atoms with E-state index in [1.165, 1.54) is 6.07 Å². The van der Waals surface area contributed by atoms with Gasteiger partial charge >= 0.3 is 0 Å². The van der Waals surface area contributed by atoms with Crippen LogP contribution in [0.1, 0.15) is 19.3 Å². The minimum absolute atomic E-state index is 0.0770. The normalized spacial score (nSPS) is 21.8. The van der Waals surface area contributed by atoms with E-state index in [2.05, 4.69) is 5.32 Å². The topological polar surface area (TPSA) is 89.3 Å². The molecular formula is C12H15ClN2O3S. The average molecular weight is 303 g/mol. The van der Waals surface area contributed by atoms with Gasteiger partial charge in [-0.1, -0.05) is 18.0 Å². The quantitative estimate of drug-likeness (QED) is 0.816. The van der Waals surface area contributed by atoms with Crippen molar-refractivity contribution in [3.8, 4) is 0 Å². The standard InChI is InChI=1S/C12H15ClN2O3S/c13-9-7-8(4-5-10(9)14)15-12(16)11-3-1-2-6-19(11,17)18/h4-5,7,11H,1-3,6,14H2,(H,15,16). The number of rotatable bonds is 2. The van der Waals surface area contributed by atoms with E-state index >= 15 is 0 Å². The first kappa shape index (κ1) is 14.1. The van der Waals surface area contributed by atoms with Gasteiger partial charge in [-0.15, -0.1) is 0 Å². The minimum atomic E-state index is -3.33. The Morgan fingerprint density at radius 2 is 2.11 bits per heavy atom. The van der Waals surface area contributed by atoms with Crippen molar-refractivity contribution < 1.29 is 13.2 Å². The fourth-order valence-corrected chi connectivity index (χ4v) is 4.06. The van der Waals surface area contributed by atoms with Crippen LogP contribution in [-0.4, -0.2) is 25.3 Å². The number of hydrogen-bond acceptors (Lipinski definition) is 4. The molecule has 7 heteroatoms. The Morgan fingerprint density at radius 1 is 1.37 bits per heavy atom. The molecule has 1 unspecified atom stereocenters. The largest absolute Gasteiger partial charge is 0.398 e. The summed E-state index contributed by atoms with van der Waals surface area (Å²) in [6.45, 7) is 0. The second kappa shape index (κ2) is 5.38. The molecule has 1 amide bonds. The summed E-state index contributed by atoms with van der Waals surface area (Å²) in [5.74, 6) is -0.423. The van der Waals surface area contributed by atoms with Crippen LogP contribution < -0.4 is 11.1 Å². The molecule has 1 heterocycles. The Labute approximate surface area is 117 Å². The molecule has 0 spiro atoms. The Kier molecular flexibility index (Phi) is 4.01. The van der Waals surface area contributed by atoms with Crippen molar-refractivity contribution in [2.75, 3.05) is 16.8 Å². The Balaban J connectivity index is 2.14. The maximum Gasteiger partial charge on any atom is 0.242 e. The van der Waals surface area contributed by atoms with Gasteiger partial charge in [0.05, 0.1) is 16.5 Å². The molecule has 1 aromatic rings. The first-order valence-corrected chi connectivity index (χ1v) is 8.07. The smallest absolute Gasteiger partial charge is 0.242 e. The summed E-state index contributed by atoms with van der Waals surface area (Å²) >= 11 is 5.84. The molecule has 1 saturated heterocycles. The predicted molar refractivity (Wildman–Crippen MR) is 75.9 cm³/mol. The highest BCUT2D eigenvalue weighted by atomic mass is 35.5. The van der Waals surface area contributed by atoms with Crippen LogP contribution >= 0.6 is 11.6 Å². The molecule has 0 aromatic heterocycles. The van der Waals surface area contributed by atoms with E-state index in [9.17, 15) is 13.2 Å². The summed E-state index contributed by atoms with van der Waals surface area (Å²) in [4.78, 5) is 12.0. The van der Waals surface area contributed by atoms with Gasteiger partial charge in [0.1, 0.15) is 5.25 Å². The third kappa shape index (κ3) is 3.19. The lowest BCUT2D eigenvalue weighted by atomic mass is 10.2. The van der Waals surface area contributed by atoms with Crippen LogP contribution in [0.3, 0.4) is 0 Å². The molecule has 2 rings (SSSR count). The first-order chi connectivity index (χ1) is 8.90. The van der Waals surface area contributed by atoms with Crippen molar-refractivity contribution in [2.24, 2.45) is 0 Å². The number of nitrogens with two attached hydrogens (primary N) is 1. The fraction of sp³-hybridized carbons (Fsp3) is 0.417. The minimum Gasteiger partial charge on any atom is -0.398 e. The lowest BCUT2D eigenvalue weighted by Gasteiger charge is -2.21. The van der Waals surface area contributed by atoms with E-state index in [0.29, 0.717) is 29.2 Å². The molecule has 104 valence electrons. The second-order valence-corrected chi connectivity index (χ2v) is 7.29. The van der Waals surface area contributed by atoms with Gasteiger partial charge < -0.3 is 11.1 Å². The van der Waals surface area contributed by atoms with E-state index < -0.39 is 21.0 Å². The number of nitrogens with one attached hydrogen (secondary N) is 1. The van der Waals surface area contributed by atoms with E-state index in [0.717, 1.165) is 6.42 Å². The summed E-state index contributed by atoms with van der Waals surface area (Å²) in [6.07, 6.45) is 1.75. The lowest BCUT2D eigenvalue weighted by Crippen LogP contribution is -2.39. The van der Waals surface area contributed by atoms with Crippen LogP contribution in [0.2, 0.25) is 5.02 Å². The fourth-order valence-electron chi connectivity index (χ4n) is 2.08. The summed E-state index contributed by atoms with van der Waals surface area (Å²) in [7, 11) is -3.33. The number of amides is 1. The molecule has 1 atom stereocenters. The van der Waals surface area contributed by atoms with Gasteiger partial charge in [-0.3, -0.25) is 4.79 Å². The number of anilines is 2. The van der Waals surface area contributed by atoms with Crippen LogP contribution in [0.5, 0.6) is 0 Å². The SMILES string of the molecule is Nc1ccc(NC(=O)C2CCCCS2(=O)=O)cc1Cl. The van der Waals surface area contributed by atoms with Gasteiger partial charge in [-0.05, 0) is 31.0 Å². The number of carbonyl (C=O) groups is 1. The summed E-state index contributed by atoms with van der Waals surface area (Å²) in [6, 6.07) is 4.66. The van der Waals surface area contributed by atoms with Crippen LogP contribution in [0, 0.1) is 0 Å². The molecule has 0 bridgehead atoms. The number of sulfone groups is 1. The monoisotopic (exact) mass is 302 g/mol. The molecule has 19 heavy (non-hydrogen) atoms. The van der Waals surface area contributed by atoms with Crippen LogP contribution in [-0.2, 0) is 14.6 Å². The lowest BCUT2D eigenvalue weighted by molar-refractivity contribution is -0.116. The zero-order valence-corrected chi connectivity index (χ0v) is 11.8. The van der Waals surface area contributed by atoms with Crippen molar-refractivity contribution in [1.29, 1.82) is 0 Å². The maximum absolute atomic E-state index is 12.0. The third-order valence-corrected chi connectivity index (χ3v) is 5.64. The zero-order valence-electron chi connectivity index (χ0n) is 10.2. The van der Waals surface area contributed by atoms with Crippen molar-refractivity contribution >= 4 is 38.7 Å². The van der Waals surface area contributed by atoms with E-state index in [-0.39, 0.29) is 5.75 Å². The van der Waals surface area contributed by atoms with E-state index in [1.54, 1.807) is 12.1 Å². The molecule has 1 fully saturated rings. The zero-order chi connectivity index (χ0) is 14.0. The molecule has 0 aliphatic carbocycles. The first-order valence-electron chi connectivity index (χ1n) is 5.97. The molecule has 0 saturated carbocycles. The van der Waals surface area contributed by atoms with Gasteiger partial charge in [0.2, 0.25) is 5.91 Å². The highest BCUT2D eigenvalue weighted by Gasteiger charge is 2.34. The van der Waals surface area contributed by atoms with Gasteiger partial charge in [-0.25, -0.2) is 8.42 Å². The van der Waals surface area contributed by atoms with Crippen LogP contribution in [0.4, 0.5) is 11.4 Å². The Hall–Kier alpha value is -1.27. The summed E-state index contributed by atoms with van der Waals surface area (Å²) in [5.41, 5.74) is 6.42. The van der Waals surface area contributed by atoms with Gasteiger partial charge in [0.15, 0.2) is 9.84 Å². The van der Waals surface area contributed by atoms with Gasteiger partial charge in [-0.2, -0.15) is 0 Å². The number of benzene rings is 1. The molecule has 1 aromatic carbocycles. The number of halogens is 1. The number of hydrogen-bond donors (Lipinski definition) is 2. The second-order valence-electron chi connectivity index (χ2n) is 4.58. The Bertz CT molecular complexity index is 601. The molecule has 5 nitrogen and oxygen atoms in total. The number of carbonyl (C=O) groups excluding carboxylic acids is 1. The maximum atomic E-state index is 12.0. The van der Waals surface area contributed by atoms with E-state index in [1.807, 2.05) is 0 Å². The van der Waals surface area contributed by atoms with E-state index in [4.69, 9.17) is 17.3 Å². The predicted octanol–water partition coefficient (Wildman–Crippen LogP) is 1.83. The van der Waals surface area contributed by atoms with Crippen LogP contribution in [0.15, 0.2) is 18.2 Å². The van der Waals surface area contributed by atoms with Gasteiger partial charge in [0, 0.05) is 5.69 Å². The number of nitrogen functional groups attached to an aromatic ring is 1. The van der Waals surface area contributed by atoms with Crippen molar-refractivity contribution in [1.82, 2.24) is 0 Å². The summed E-state index contributed by atoms with van der Waals surface area (Å²) < 4.78 is 23.7. The third-order valence-electron chi connectivity index (χ3n) is 3.14. The Morgan fingerprint density at radius 3 is 2.74 bits per heavy atom. The van der Waals surface area contributed by atoms with Gasteiger partial charge in [0.25, 0.3) is 0 Å². The molecule has 1 aliphatic rings. The molecule has 3 N–H and O–H groups in total. The molecular weight excluding hydrogens is 288 g/mol. The van der Waals surface area contributed by atoms with Crippen LogP contribution in [0.25, 0.3) is 0 Å². The highest BCUT2D eigenvalue weighted by Crippen LogP contribution is 2.25. The summed E-state index contributed by atoms with van der Waals surface area (Å²) in [5, 5.41) is 1.94. The molecule has 0 radical (unpaired) electrons. The van der Waals surface area contributed by atoms with Crippen molar-refractivity contribution in [3.63, 3.8) is 0 Å².